The van der Waals surface area contributed by atoms with Gasteiger partial charge < -0.3 is 35.6 Å². The number of nitrogens with zero attached hydrogens (tertiary/aromatic N) is 8. The third kappa shape index (κ3) is 8.10. The molecule has 5 fully saturated rings. The molecule has 61 heavy (non-hydrogen) atoms. The molecular formula is C44H55N11O6. The summed E-state index contributed by atoms with van der Waals surface area (Å²) in [4.78, 5) is 96.9. The predicted molar refractivity (Wildman–Crippen MR) is 229 cm³/mol. The number of benzene rings is 2. The van der Waals surface area contributed by atoms with Gasteiger partial charge in [-0.05, 0) is 106 Å². The van der Waals surface area contributed by atoms with Gasteiger partial charge in [-0.2, -0.15) is 0 Å². The van der Waals surface area contributed by atoms with E-state index in [-0.39, 0.29) is 32.0 Å². The molecule has 4 N–H and O–H groups in total. The number of carbonyl (C=O) groups excluding carboxylic acids is 6. The van der Waals surface area contributed by atoms with Crippen LogP contribution in [0.1, 0.15) is 95.5 Å². The van der Waals surface area contributed by atoms with Crippen LogP contribution in [0.15, 0.2) is 48.7 Å². The first-order valence-corrected chi connectivity index (χ1v) is 21.6. The van der Waals surface area contributed by atoms with Crippen molar-refractivity contribution in [2.24, 2.45) is 11.7 Å². The molecule has 0 radical (unpaired) electrons. The Hall–Kier alpha value is -6.10. The number of aromatic nitrogens is 2. The van der Waals surface area contributed by atoms with Crippen LogP contribution in [-0.2, 0) is 9.59 Å². The molecule has 7 amide bonds. The fourth-order valence-electron chi connectivity index (χ4n) is 10.1. The van der Waals surface area contributed by atoms with Gasteiger partial charge in [-0.1, -0.05) is 12.1 Å². The summed E-state index contributed by atoms with van der Waals surface area (Å²) in [6, 6.07) is 12.9. The number of fused-ring (bicyclic) bond motifs is 1. The quantitative estimate of drug-likeness (QED) is 0.252. The molecule has 2 aromatic carbocycles. The Balaban J connectivity index is 0.00000529. The van der Waals surface area contributed by atoms with E-state index in [9.17, 15) is 28.8 Å². The zero-order valence-electron chi connectivity index (χ0n) is 34.6. The highest BCUT2D eigenvalue weighted by molar-refractivity contribution is 6.23. The molecule has 0 bridgehead atoms. The van der Waals surface area contributed by atoms with Gasteiger partial charge in [0.15, 0.2) is 11.5 Å². The second-order valence-electron chi connectivity index (χ2n) is 17.4. The standard InChI is InChI=1S/C44H53N11O6.H2/c1-50-20-21-54(44(50)61)32-5-3-17-53(26-32)36-23-46-38(39(45)57)40(48-36)47-30-8-6-28(7-9-30)29-14-18-51(19-15-29)24-27-4-2-16-52(25-27)31-10-11-33-34(22-31)43(60)55(42(33)59)35-12-13-37(56)49-41(35)58;/h6-11,22-23,27,29,32,35H,2-5,12-21,24-26H2,1H3,(H2,45,57)(H,47,48)(H,49,56,58);1H/t27-,32+,35?;/m0./s1. The maximum Gasteiger partial charge on any atom is 0.320 e. The lowest BCUT2D eigenvalue weighted by atomic mass is 9.88. The number of carbonyl (C=O) groups is 6. The summed E-state index contributed by atoms with van der Waals surface area (Å²) in [6.07, 6.45) is 7.91. The number of likely N-dealkylation sites (tertiary alicyclic amines) is 1. The number of nitrogens with two attached hydrogens (primary N) is 1. The number of piperidine rings is 4. The lowest BCUT2D eigenvalue weighted by molar-refractivity contribution is -0.136. The third-order valence-corrected chi connectivity index (χ3v) is 13.5. The number of nitrogens with one attached hydrogen (secondary N) is 2. The molecule has 3 atom stereocenters. The van der Waals surface area contributed by atoms with Crippen molar-refractivity contribution in [1.29, 1.82) is 0 Å². The van der Waals surface area contributed by atoms with Crippen LogP contribution in [-0.4, -0.2) is 143 Å². The molecule has 0 spiro atoms. The highest BCUT2D eigenvalue weighted by atomic mass is 16.2. The first-order chi connectivity index (χ1) is 29.5. The maximum absolute atomic E-state index is 13.4. The first kappa shape index (κ1) is 40.3. The van der Waals surface area contributed by atoms with E-state index < -0.39 is 35.6 Å². The smallest absolute Gasteiger partial charge is 0.320 e. The molecule has 17 heteroatoms. The van der Waals surface area contributed by atoms with E-state index in [1.165, 1.54) is 5.56 Å². The Kier molecular flexibility index (Phi) is 11.1. The van der Waals surface area contributed by atoms with Crippen molar-refractivity contribution in [3.8, 4) is 0 Å². The Labute approximate surface area is 356 Å². The number of anilines is 4. The summed E-state index contributed by atoms with van der Waals surface area (Å²) >= 11 is 0. The van der Waals surface area contributed by atoms with Crippen LogP contribution in [0.4, 0.5) is 27.8 Å². The van der Waals surface area contributed by atoms with Gasteiger partial charge in [-0.3, -0.25) is 34.2 Å². The normalized spacial score (nSPS) is 24.1. The summed E-state index contributed by atoms with van der Waals surface area (Å²) in [5.41, 5.74) is 9.36. The monoisotopic (exact) mass is 833 g/mol. The van der Waals surface area contributed by atoms with Gasteiger partial charge in [-0.15, -0.1) is 0 Å². The van der Waals surface area contributed by atoms with E-state index in [0.29, 0.717) is 41.1 Å². The number of hydrogen-bond acceptors (Lipinski definition) is 12. The molecule has 1 unspecified atom stereocenters. The van der Waals surface area contributed by atoms with Crippen molar-refractivity contribution < 1.29 is 30.2 Å². The average molecular weight is 834 g/mol. The Bertz CT molecular complexity index is 2250. The lowest BCUT2D eigenvalue weighted by Gasteiger charge is -2.39. The second kappa shape index (κ2) is 16.7. The minimum Gasteiger partial charge on any atom is -0.371 e. The predicted octanol–water partition coefficient (Wildman–Crippen LogP) is 3.40. The molecular weight excluding hydrogens is 779 g/mol. The Morgan fingerprint density at radius 1 is 0.852 bits per heavy atom. The van der Waals surface area contributed by atoms with Crippen LogP contribution in [0.25, 0.3) is 0 Å². The zero-order valence-corrected chi connectivity index (χ0v) is 34.6. The van der Waals surface area contributed by atoms with Crippen molar-refractivity contribution in [3.05, 3.63) is 71.0 Å². The Morgan fingerprint density at radius 3 is 2.34 bits per heavy atom. The summed E-state index contributed by atoms with van der Waals surface area (Å²) in [5.74, 6) is -0.799. The summed E-state index contributed by atoms with van der Waals surface area (Å²) < 4.78 is 0. The molecule has 6 aliphatic heterocycles. The van der Waals surface area contributed by atoms with Crippen molar-refractivity contribution in [3.63, 3.8) is 0 Å². The van der Waals surface area contributed by atoms with E-state index in [1.54, 1.807) is 23.2 Å². The van der Waals surface area contributed by atoms with Crippen molar-refractivity contribution in [2.75, 3.05) is 81.1 Å². The minimum atomic E-state index is -0.979. The molecule has 17 nitrogen and oxygen atoms in total. The summed E-state index contributed by atoms with van der Waals surface area (Å²) in [6.45, 7) is 7.58. The molecule has 9 rings (SSSR count). The van der Waals surface area contributed by atoms with Gasteiger partial charge in [0.1, 0.15) is 11.9 Å². The number of primary amides is 1. The molecule has 1 aromatic heterocycles. The number of imide groups is 2. The minimum absolute atomic E-state index is 0. The van der Waals surface area contributed by atoms with Gasteiger partial charge >= 0.3 is 6.03 Å². The van der Waals surface area contributed by atoms with Crippen molar-refractivity contribution >= 4 is 58.6 Å². The summed E-state index contributed by atoms with van der Waals surface area (Å²) in [7, 11) is 1.83. The van der Waals surface area contributed by atoms with Crippen LogP contribution in [0.3, 0.4) is 0 Å². The van der Waals surface area contributed by atoms with Crippen LogP contribution in [0, 0.1) is 5.92 Å². The summed E-state index contributed by atoms with van der Waals surface area (Å²) in [5, 5.41) is 5.56. The molecule has 0 saturated carbocycles. The highest BCUT2D eigenvalue weighted by Gasteiger charge is 2.45. The molecule has 7 heterocycles. The fourth-order valence-corrected chi connectivity index (χ4v) is 10.1. The fraction of sp³-hybridized carbons (Fsp3) is 0.500. The van der Waals surface area contributed by atoms with E-state index in [4.69, 9.17) is 10.7 Å². The molecule has 0 aliphatic carbocycles. The van der Waals surface area contributed by atoms with Crippen LogP contribution >= 0.6 is 0 Å². The van der Waals surface area contributed by atoms with E-state index in [1.807, 2.05) is 30.1 Å². The number of amides is 7. The number of urea groups is 1. The van der Waals surface area contributed by atoms with Crippen LogP contribution in [0.2, 0.25) is 0 Å². The topological polar surface area (TPSA) is 198 Å². The average Bonchev–Trinajstić information content (AvgIpc) is 3.73. The van der Waals surface area contributed by atoms with Gasteiger partial charge in [0, 0.05) is 72.1 Å². The van der Waals surface area contributed by atoms with Crippen molar-refractivity contribution in [2.45, 2.75) is 69.4 Å². The number of likely N-dealkylation sites (N-methyl/N-ethyl adjacent to an activating group) is 1. The Morgan fingerprint density at radius 2 is 1.61 bits per heavy atom. The maximum atomic E-state index is 13.4. The number of rotatable bonds is 10. The SMILES string of the molecule is CN1CCN([C@@H]2CCCN(c3cnc(C(N)=O)c(Nc4ccc(C5CCN(C[C@@H]6CCCN(c7ccc8c(c7)C(=O)N(C7CCC(=O)NC7=O)C8=O)C6)CC5)cc4)n3)C2)C1=O.[HH]. The van der Waals surface area contributed by atoms with E-state index >= 15 is 0 Å². The molecule has 6 aliphatic rings. The van der Waals surface area contributed by atoms with Crippen LogP contribution in [0.5, 0.6) is 0 Å². The van der Waals surface area contributed by atoms with Gasteiger partial charge in [0.05, 0.1) is 23.4 Å². The largest absolute Gasteiger partial charge is 0.371 e. The first-order valence-electron chi connectivity index (χ1n) is 21.6. The lowest BCUT2D eigenvalue weighted by Crippen LogP contribution is -2.54. The second-order valence-corrected chi connectivity index (χ2v) is 17.4. The zero-order chi connectivity index (χ0) is 42.4. The molecule has 322 valence electrons. The molecule has 5 saturated heterocycles. The third-order valence-electron chi connectivity index (χ3n) is 13.5. The van der Waals surface area contributed by atoms with E-state index in [0.717, 1.165) is 107 Å². The van der Waals surface area contributed by atoms with Crippen molar-refractivity contribution in [1.82, 2.24) is 34.9 Å². The number of hydrogen-bond donors (Lipinski definition) is 3. The van der Waals surface area contributed by atoms with Gasteiger partial charge in [-0.25, -0.2) is 14.8 Å². The van der Waals surface area contributed by atoms with Gasteiger partial charge in [0.2, 0.25) is 11.8 Å². The van der Waals surface area contributed by atoms with Gasteiger partial charge in [0.25, 0.3) is 17.7 Å². The highest BCUT2D eigenvalue weighted by Crippen LogP contribution is 2.35. The molecule has 3 aromatic rings. The van der Waals surface area contributed by atoms with Crippen LogP contribution < -0.4 is 26.2 Å². The van der Waals surface area contributed by atoms with E-state index in [2.05, 4.69) is 42.5 Å².